The maximum Gasteiger partial charge on any atom is 0.328 e. The van der Waals surface area contributed by atoms with E-state index in [0.29, 0.717) is 67.7 Å². The van der Waals surface area contributed by atoms with E-state index in [1.165, 1.54) is 6.20 Å². The number of hydrogen-bond donors (Lipinski definition) is 2. The van der Waals surface area contributed by atoms with Gasteiger partial charge in [-0.15, -0.1) is 0 Å². The molecule has 4 rings (SSSR count). The number of aliphatic hydroxyl groups is 1. The number of ether oxygens (including phenoxy) is 2. The Hall–Kier alpha value is -3.08. The van der Waals surface area contributed by atoms with E-state index in [9.17, 15) is 15.2 Å². The SMILES string of the molecule is COC(OC)c1nc2c(cc1CO[Si](C)(C)C(C)(C)C)CCCN2C(=O)Nc1cc(N2CCC(C)(O)CC2)c(C#N)cn1. The van der Waals surface area contributed by atoms with E-state index in [1.54, 1.807) is 25.2 Å². The van der Waals surface area contributed by atoms with Gasteiger partial charge in [-0.25, -0.2) is 14.8 Å². The summed E-state index contributed by atoms with van der Waals surface area (Å²) in [6.45, 7) is 15.0. The Labute approximate surface area is 256 Å². The first kappa shape index (κ1) is 32.8. The molecule has 12 heteroatoms. The standard InChI is InChI=1S/C31H46N6O5Si/c1-30(2,3)43(7,8)42-20-22-16-21-10-9-13-37(27(21)35-26(22)28(40-5)41-6)29(38)34-25-17-24(23(18-32)19-33-25)36-14-11-31(4,39)12-15-36/h16-17,19,28,39H,9-15,20H2,1-8H3,(H,33,34,38). The maximum atomic E-state index is 13.7. The second-order valence-electron chi connectivity index (χ2n) is 13.2. The number of methoxy groups -OCH3 is 2. The predicted molar refractivity (Wildman–Crippen MR) is 169 cm³/mol. The number of nitrogens with zero attached hydrogens (tertiary/aromatic N) is 5. The Kier molecular flexibility index (Phi) is 9.83. The van der Waals surface area contributed by atoms with Gasteiger partial charge in [0.2, 0.25) is 6.29 Å². The highest BCUT2D eigenvalue weighted by Gasteiger charge is 2.38. The van der Waals surface area contributed by atoms with Gasteiger partial charge in [-0.1, -0.05) is 20.8 Å². The summed E-state index contributed by atoms with van der Waals surface area (Å²) in [6.07, 6.45) is 3.50. The largest absolute Gasteiger partial charge is 0.412 e. The number of nitrogens with one attached hydrogen (secondary N) is 1. The third kappa shape index (κ3) is 7.36. The Bertz CT molecular complexity index is 1360. The Morgan fingerprint density at radius 3 is 2.49 bits per heavy atom. The van der Waals surface area contributed by atoms with Gasteiger partial charge in [-0.2, -0.15) is 5.26 Å². The van der Waals surface area contributed by atoms with E-state index in [1.807, 2.05) is 6.92 Å². The molecule has 43 heavy (non-hydrogen) atoms. The third-order valence-electron chi connectivity index (χ3n) is 8.98. The summed E-state index contributed by atoms with van der Waals surface area (Å²) in [7, 11) is 1.10. The van der Waals surface area contributed by atoms with Crippen molar-refractivity contribution < 1.29 is 23.8 Å². The van der Waals surface area contributed by atoms with Crippen LogP contribution in [0.3, 0.4) is 0 Å². The van der Waals surface area contributed by atoms with Crippen LogP contribution in [-0.4, -0.2) is 68.9 Å². The summed E-state index contributed by atoms with van der Waals surface area (Å²) >= 11 is 0. The van der Waals surface area contributed by atoms with Crippen molar-refractivity contribution in [2.75, 3.05) is 49.0 Å². The molecule has 2 aromatic rings. The van der Waals surface area contributed by atoms with Crippen LogP contribution in [0.15, 0.2) is 18.3 Å². The van der Waals surface area contributed by atoms with Crippen molar-refractivity contribution in [1.29, 1.82) is 5.26 Å². The smallest absolute Gasteiger partial charge is 0.328 e. The zero-order valence-electron chi connectivity index (χ0n) is 26.8. The molecule has 2 amide bonds. The Balaban J connectivity index is 1.61. The minimum absolute atomic E-state index is 0.0539. The summed E-state index contributed by atoms with van der Waals surface area (Å²) in [6, 6.07) is 5.64. The molecule has 0 aromatic carbocycles. The molecule has 2 aliphatic rings. The molecule has 0 unspecified atom stereocenters. The highest BCUT2D eigenvalue weighted by molar-refractivity contribution is 6.74. The van der Waals surface area contributed by atoms with Crippen LogP contribution in [0.5, 0.6) is 0 Å². The zero-order chi connectivity index (χ0) is 31.6. The second-order valence-corrected chi connectivity index (χ2v) is 18.0. The first-order chi connectivity index (χ1) is 20.2. The number of fused-ring (bicyclic) bond motifs is 1. The molecule has 0 saturated carbocycles. The van der Waals surface area contributed by atoms with Crippen LogP contribution in [0.4, 0.5) is 22.1 Å². The minimum Gasteiger partial charge on any atom is -0.412 e. The number of carbonyl (C=O) groups is 1. The van der Waals surface area contributed by atoms with Crippen molar-refractivity contribution >= 4 is 31.7 Å². The average Bonchev–Trinajstić information content (AvgIpc) is 2.95. The molecule has 0 bridgehead atoms. The summed E-state index contributed by atoms with van der Waals surface area (Å²) < 4.78 is 17.8. The third-order valence-corrected chi connectivity index (χ3v) is 13.5. The van der Waals surface area contributed by atoms with Crippen LogP contribution in [0.25, 0.3) is 0 Å². The molecule has 0 spiro atoms. The number of anilines is 3. The summed E-state index contributed by atoms with van der Waals surface area (Å²) in [5.41, 5.74) is 2.82. The number of amides is 2. The van der Waals surface area contributed by atoms with E-state index in [0.717, 1.165) is 24.0 Å². The number of rotatable bonds is 8. The quantitative estimate of drug-likeness (QED) is 0.294. The lowest BCUT2D eigenvalue weighted by atomic mass is 9.93. The van der Waals surface area contributed by atoms with E-state index >= 15 is 0 Å². The number of piperidine rings is 1. The average molecular weight is 611 g/mol. The summed E-state index contributed by atoms with van der Waals surface area (Å²) in [4.78, 5) is 26.7. The van der Waals surface area contributed by atoms with Gasteiger partial charge in [-0.05, 0) is 62.4 Å². The molecule has 2 N–H and O–H groups in total. The fourth-order valence-electron chi connectivity index (χ4n) is 5.14. The lowest BCUT2D eigenvalue weighted by Crippen LogP contribution is -2.43. The molecular weight excluding hydrogens is 564 g/mol. The van der Waals surface area contributed by atoms with Gasteiger partial charge >= 0.3 is 6.03 Å². The van der Waals surface area contributed by atoms with E-state index in [-0.39, 0.29) is 11.1 Å². The molecule has 234 valence electrons. The molecule has 0 radical (unpaired) electrons. The highest BCUT2D eigenvalue weighted by Crippen LogP contribution is 2.38. The first-order valence-electron chi connectivity index (χ1n) is 14.9. The van der Waals surface area contributed by atoms with Crippen molar-refractivity contribution in [3.05, 3.63) is 40.7 Å². The number of carbonyl (C=O) groups excluding carboxylic acids is 1. The number of aromatic nitrogens is 2. The first-order valence-corrected chi connectivity index (χ1v) is 17.8. The van der Waals surface area contributed by atoms with Crippen LogP contribution in [-0.2, 0) is 26.9 Å². The van der Waals surface area contributed by atoms with Gasteiger partial charge in [0.15, 0.2) is 8.32 Å². The lowest BCUT2D eigenvalue weighted by Gasteiger charge is -2.37. The van der Waals surface area contributed by atoms with E-state index in [2.05, 4.69) is 61.2 Å². The van der Waals surface area contributed by atoms with Gasteiger partial charge in [0.05, 0.1) is 23.5 Å². The monoisotopic (exact) mass is 610 g/mol. The van der Waals surface area contributed by atoms with Gasteiger partial charge in [0.1, 0.15) is 23.4 Å². The predicted octanol–water partition coefficient (Wildman–Crippen LogP) is 5.50. The fourth-order valence-corrected chi connectivity index (χ4v) is 6.09. The molecule has 1 fully saturated rings. The number of nitriles is 1. The van der Waals surface area contributed by atoms with Gasteiger partial charge in [-0.3, -0.25) is 10.2 Å². The number of aryl methyl sites for hydroxylation is 1. The number of urea groups is 1. The molecule has 0 aliphatic carbocycles. The van der Waals surface area contributed by atoms with Crippen LogP contribution in [0, 0.1) is 11.3 Å². The second kappa shape index (κ2) is 12.9. The van der Waals surface area contributed by atoms with Gasteiger partial charge < -0.3 is 23.9 Å². The number of pyridine rings is 2. The van der Waals surface area contributed by atoms with Crippen molar-refractivity contribution in [2.45, 2.75) is 90.0 Å². The van der Waals surface area contributed by atoms with Crippen LogP contribution < -0.4 is 15.1 Å². The van der Waals surface area contributed by atoms with E-state index < -0.39 is 20.2 Å². The Morgan fingerprint density at radius 1 is 1.21 bits per heavy atom. The molecule has 11 nitrogen and oxygen atoms in total. The summed E-state index contributed by atoms with van der Waals surface area (Å²) in [5, 5.41) is 23.0. The topological polar surface area (TPSA) is 133 Å². The van der Waals surface area contributed by atoms with Crippen LogP contribution in [0.1, 0.15) is 75.6 Å². The lowest BCUT2D eigenvalue weighted by molar-refractivity contribution is -0.109. The maximum absolute atomic E-state index is 13.7. The molecule has 2 aromatic heterocycles. The van der Waals surface area contributed by atoms with Crippen LogP contribution >= 0.6 is 0 Å². The van der Waals surface area contributed by atoms with Gasteiger partial charge in [0.25, 0.3) is 0 Å². The van der Waals surface area contributed by atoms with Crippen molar-refractivity contribution in [2.24, 2.45) is 0 Å². The van der Waals surface area contributed by atoms with Crippen molar-refractivity contribution in [1.82, 2.24) is 9.97 Å². The van der Waals surface area contributed by atoms with Crippen molar-refractivity contribution in [3.8, 4) is 6.07 Å². The van der Waals surface area contributed by atoms with Gasteiger partial charge in [0, 0.05) is 51.7 Å². The molecule has 0 atom stereocenters. The molecule has 2 aliphatic heterocycles. The normalized spacial score (nSPS) is 17.0. The van der Waals surface area contributed by atoms with E-state index in [4.69, 9.17) is 18.9 Å². The fraction of sp³-hybridized carbons (Fsp3) is 0.613. The van der Waals surface area contributed by atoms with Crippen molar-refractivity contribution in [3.63, 3.8) is 0 Å². The molecule has 4 heterocycles. The Morgan fingerprint density at radius 2 is 1.88 bits per heavy atom. The zero-order valence-corrected chi connectivity index (χ0v) is 27.8. The number of hydrogen-bond acceptors (Lipinski definition) is 9. The highest BCUT2D eigenvalue weighted by atomic mass is 28.4. The molecular formula is C31H46N6O5Si. The molecule has 1 saturated heterocycles. The minimum atomic E-state index is -2.03. The van der Waals surface area contributed by atoms with Crippen LogP contribution in [0.2, 0.25) is 18.1 Å². The summed E-state index contributed by atoms with van der Waals surface area (Å²) in [5.74, 6) is 0.899.